The molecular formula is C21H32BrN5O. The topological polar surface area (TPSA) is 81.1 Å². The second-order valence-corrected chi connectivity index (χ2v) is 9.23. The van der Waals surface area contributed by atoms with E-state index in [1.54, 1.807) is 12.3 Å². The van der Waals surface area contributed by atoms with Crippen molar-refractivity contribution in [2.45, 2.75) is 70.9 Å². The number of nitrogens with zero attached hydrogens (tertiary/aromatic N) is 2. The van der Waals surface area contributed by atoms with E-state index < -0.39 is 0 Å². The van der Waals surface area contributed by atoms with Gasteiger partial charge in [0.15, 0.2) is 0 Å². The van der Waals surface area contributed by atoms with Crippen molar-refractivity contribution in [2.24, 2.45) is 5.92 Å². The van der Waals surface area contributed by atoms with Gasteiger partial charge in [0.2, 0.25) is 0 Å². The molecule has 0 spiro atoms. The molecule has 0 radical (unpaired) electrons. The average Bonchev–Trinajstić information content (AvgIpc) is 2.69. The summed E-state index contributed by atoms with van der Waals surface area (Å²) in [5, 5.41) is 14.5. The minimum Gasteiger partial charge on any atom is -0.356 e. The Bertz CT molecular complexity index is 694. The second kappa shape index (κ2) is 9.83. The third-order valence-corrected chi connectivity index (χ3v) is 6.21. The lowest BCUT2D eigenvalue weighted by Crippen LogP contribution is -2.47. The number of carbonyl (C=O) groups is 1. The first-order valence-corrected chi connectivity index (χ1v) is 11.3. The summed E-state index contributed by atoms with van der Waals surface area (Å²) in [6.07, 6.45) is 10.6. The van der Waals surface area contributed by atoms with Crippen molar-refractivity contribution < 1.29 is 4.79 Å². The Hall–Kier alpha value is -1.47. The number of pyridine rings is 1. The molecule has 1 saturated carbocycles. The van der Waals surface area contributed by atoms with Gasteiger partial charge in [-0.05, 0) is 47.7 Å². The van der Waals surface area contributed by atoms with Crippen LogP contribution in [0, 0.1) is 11.3 Å². The lowest BCUT2D eigenvalue weighted by Gasteiger charge is -2.36. The molecule has 3 rings (SSSR count). The van der Waals surface area contributed by atoms with Crippen LogP contribution in [0.25, 0.3) is 0 Å². The van der Waals surface area contributed by atoms with Gasteiger partial charge in [0, 0.05) is 41.8 Å². The summed E-state index contributed by atoms with van der Waals surface area (Å²) in [5.41, 5.74) is 0.526. The maximum Gasteiger partial charge on any atom is 0.260 e. The normalized spacial score (nSPS) is 19.1. The van der Waals surface area contributed by atoms with Crippen molar-refractivity contribution in [3.05, 3.63) is 22.3 Å². The fraction of sp³-hybridized carbons (Fsp3) is 0.667. The Morgan fingerprint density at radius 2 is 1.82 bits per heavy atom. The highest BCUT2D eigenvalue weighted by atomic mass is 79.9. The number of piperidine rings is 1. The van der Waals surface area contributed by atoms with Gasteiger partial charge in [0.1, 0.15) is 11.7 Å². The molecule has 2 heterocycles. The highest BCUT2D eigenvalue weighted by molar-refractivity contribution is 9.10. The molecule has 7 heteroatoms. The number of rotatable bonds is 5. The quantitative estimate of drug-likeness (QED) is 0.466. The standard InChI is InChI=1S/C21H32BrN5O/c1-14(2)19(23)26-21(28)18-12-15(22)13-24-20(18)27-10-8-17(9-11-27)25-16-6-4-3-5-7-16/h12-14,16-17,25H,3-11H2,1-2H3,(H2,23,26,28). The largest absolute Gasteiger partial charge is 0.356 e. The van der Waals surface area contributed by atoms with Crippen LogP contribution in [-0.2, 0) is 0 Å². The third kappa shape index (κ3) is 5.54. The number of aromatic nitrogens is 1. The maximum atomic E-state index is 12.8. The Kier molecular flexibility index (Phi) is 7.46. The van der Waals surface area contributed by atoms with E-state index in [9.17, 15) is 4.79 Å². The number of carbonyl (C=O) groups excluding carboxylic acids is 1. The third-order valence-electron chi connectivity index (χ3n) is 5.77. The highest BCUT2D eigenvalue weighted by Gasteiger charge is 2.26. The summed E-state index contributed by atoms with van der Waals surface area (Å²) in [6.45, 7) is 5.57. The van der Waals surface area contributed by atoms with Crippen molar-refractivity contribution in [1.82, 2.24) is 15.6 Å². The number of nitrogens with one attached hydrogen (secondary N) is 3. The van der Waals surface area contributed by atoms with Gasteiger partial charge in [-0.15, -0.1) is 0 Å². The maximum absolute atomic E-state index is 12.8. The monoisotopic (exact) mass is 449 g/mol. The molecule has 154 valence electrons. The number of amides is 1. The zero-order valence-electron chi connectivity index (χ0n) is 16.9. The van der Waals surface area contributed by atoms with E-state index >= 15 is 0 Å². The van der Waals surface area contributed by atoms with Crippen LogP contribution in [-0.4, -0.2) is 41.9 Å². The number of halogens is 1. The van der Waals surface area contributed by atoms with E-state index in [0.717, 1.165) is 30.4 Å². The van der Waals surface area contributed by atoms with Gasteiger partial charge in [0.05, 0.1) is 5.56 Å². The van der Waals surface area contributed by atoms with Crippen molar-refractivity contribution in [2.75, 3.05) is 18.0 Å². The number of amidine groups is 1. The van der Waals surface area contributed by atoms with Gasteiger partial charge in [0.25, 0.3) is 5.91 Å². The van der Waals surface area contributed by atoms with Crippen LogP contribution in [0.15, 0.2) is 16.7 Å². The molecule has 1 aromatic heterocycles. The number of anilines is 1. The molecule has 1 aliphatic carbocycles. The first kappa shape index (κ1) is 21.2. The van der Waals surface area contributed by atoms with E-state index in [2.05, 4.69) is 36.4 Å². The predicted octanol–water partition coefficient (Wildman–Crippen LogP) is 4.10. The van der Waals surface area contributed by atoms with Crippen LogP contribution >= 0.6 is 15.9 Å². The van der Waals surface area contributed by atoms with Gasteiger partial charge < -0.3 is 15.5 Å². The van der Waals surface area contributed by atoms with E-state index in [1.807, 2.05) is 13.8 Å². The van der Waals surface area contributed by atoms with Gasteiger partial charge in [-0.2, -0.15) is 0 Å². The van der Waals surface area contributed by atoms with Gasteiger partial charge in [-0.25, -0.2) is 4.98 Å². The fourth-order valence-electron chi connectivity index (χ4n) is 4.05. The van der Waals surface area contributed by atoms with Gasteiger partial charge >= 0.3 is 0 Å². The van der Waals surface area contributed by atoms with E-state index in [4.69, 9.17) is 5.41 Å². The SMILES string of the molecule is CC(C)C(=N)NC(=O)c1cc(Br)cnc1N1CCC(NC2CCCCC2)CC1. The molecule has 0 atom stereocenters. The Morgan fingerprint density at radius 1 is 1.18 bits per heavy atom. The smallest absolute Gasteiger partial charge is 0.260 e. The van der Waals surface area contributed by atoms with Crippen molar-refractivity contribution in [3.63, 3.8) is 0 Å². The Morgan fingerprint density at radius 3 is 2.46 bits per heavy atom. The lowest BCUT2D eigenvalue weighted by atomic mass is 9.93. The summed E-state index contributed by atoms with van der Waals surface area (Å²) in [5.74, 6) is 0.666. The lowest BCUT2D eigenvalue weighted by molar-refractivity contribution is 0.0975. The fourth-order valence-corrected chi connectivity index (χ4v) is 4.38. The number of hydrogen-bond donors (Lipinski definition) is 3. The molecule has 0 aromatic carbocycles. The highest BCUT2D eigenvalue weighted by Crippen LogP contribution is 2.26. The van der Waals surface area contributed by atoms with E-state index in [-0.39, 0.29) is 17.7 Å². The first-order chi connectivity index (χ1) is 13.4. The minimum absolute atomic E-state index is 0.0193. The minimum atomic E-state index is -0.259. The molecule has 1 aromatic rings. The average molecular weight is 450 g/mol. The molecule has 1 saturated heterocycles. The summed E-state index contributed by atoms with van der Waals surface area (Å²) in [7, 11) is 0. The summed E-state index contributed by atoms with van der Waals surface area (Å²) in [6, 6.07) is 3.04. The van der Waals surface area contributed by atoms with Gasteiger partial charge in [-0.1, -0.05) is 33.1 Å². The molecule has 2 aliphatic rings. The molecular weight excluding hydrogens is 418 g/mol. The first-order valence-electron chi connectivity index (χ1n) is 10.5. The zero-order chi connectivity index (χ0) is 20.1. The van der Waals surface area contributed by atoms with Crippen molar-refractivity contribution in [1.29, 1.82) is 5.41 Å². The van der Waals surface area contributed by atoms with Crippen molar-refractivity contribution >= 4 is 33.5 Å². The predicted molar refractivity (Wildman–Crippen MR) is 117 cm³/mol. The molecule has 6 nitrogen and oxygen atoms in total. The molecule has 0 bridgehead atoms. The summed E-state index contributed by atoms with van der Waals surface area (Å²) < 4.78 is 0.770. The number of hydrogen-bond acceptors (Lipinski definition) is 5. The van der Waals surface area contributed by atoms with Crippen LogP contribution in [0.2, 0.25) is 0 Å². The van der Waals surface area contributed by atoms with Crippen molar-refractivity contribution in [3.8, 4) is 0 Å². The molecule has 1 aliphatic heterocycles. The molecule has 0 unspecified atom stereocenters. The van der Waals surface area contributed by atoms with Crippen LogP contribution in [0.1, 0.15) is 69.2 Å². The summed E-state index contributed by atoms with van der Waals surface area (Å²) >= 11 is 3.42. The van der Waals surface area contributed by atoms with Crippen LogP contribution in [0.3, 0.4) is 0 Å². The zero-order valence-corrected chi connectivity index (χ0v) is 18.5. The van der Waals surface area contributed by atoms with E-state index in [0.29, 0.717) is 23.5 Å². The molecule has 3 N–H and O–H groups in total. The molecule has 2 fully saturated rings. The Labute approximate surface area is 176 Å². The summed E-state index contributed by atoms with van der Waals surface area (Å²) in [4.78, 5) is 19.5. The van der Waals surface area contributed by atoms with Crippen LogP contribution in [0.4, 0.5) is 5.82 Å². The van der Waals surface area contributed by atoms with Gasteiger partial charge in [-0.3, -0.25) is 10.2 Å². The van der Waals surface area contributed by atoms with Crippen LogP contribution in [0.5, 0.6) is 0 Å². The Balaban J connectivity index is 1.63. The van der Waals surface area contributed by atoms with Crippen LogP contribution < -0.4 is 15.5 Å². The van der Waals surface area contributed by atoms with E-state index in [1.165, 1.54) is 32.1 Å². The molecule has 28 heavy (non-hydrogen) atoms. The molecule has 1 amide bonds. The second-order valence-electron chi connectivity index (χ2n) is 8.31.